The second-order valence-electron chi connectivity index (χ2n) is 11.1. The lowest BCUT2D eigenvalue weighted by Crippen LogP contribution is -2.41. The fraction of sp³-hybridized carbons (Fsp3) is 0.200. The SMILES string of the molecule is C[C@H](NC(=O)COC(=O)c1cccc(N2C(=O)[C@H]3C4c5ccccc5C(c5ccccc54)[C@@H]3C2=O)c1)c1ccccc1. The van der Waals surface area contributed by atoms with Gasteiger partial charge in [-0.25, -0.2) is 9.69 Å². The largest absolute Gasteiger partial charge is 0.452 e. The van der Waals surface area contributed by atoms with Crippen LogP contribution < -0.4 is 10.2 Å². The number of anilines is 1. The Morgan fingerprint density at radius 3 is 1.81 bits per heavy atom. The number of imide groups is 1. The standard InChI is InChI=1S/C35H28N2O5/c1-20(21-10-3-2-4-11-21)36-28(38)19-42-35(41)22-12-9-13-23(18-22)37-33(39)31-29-24-14-5-6-15-25(24)30(32(31)34(37)40)27-17-8-7-16-26(27)29/h2-18,20,29-32H,19H2,1H3,(H,36,38)/t20-,29?,30?,31-,32-/m0/s1. The van der Waals surface area contributed by atoms with E-state index in [1.807, 2.05) is 61.5 Å². The smallest absolute Gasteiger partial charge is 0.338 e. The summed E-state index contributed by atoms with van der Waals surface area (Å²) in [5, 5.41) is 2.81. The Bertz CT molecular complexity index is 1630. The van der Waals surface area contributed by atoms with Gasteiger partial charge < -0.3 is 10.1 Å². The molecule has 4 aromatic rings. The van der Waals surface area contributed by atoms with Crippen molar-refractivity contribution >= 4 is 29.4 Å². The molecule has 1 heterocycles. The molecule has 0 radical (unpaired) electrons. The number of esters is 1. The first-order valence-electron chi connectivity index (χ1n) is 14.1. The molecular formula is C35H28N2O5. The highest BCUT2D eigenvalue weighted by Gasteiger charge is 2.61. The molecule has 7 nitrogen and oxygen atoms in total. The van der Waals surface area contributed by atoms with Crippen LogP contribution in [-0.2, 0) is 19.1 Å². The van der Waals surface area contributed by atoms with E-state index in [9.17, 15) is 19.2 Å². The van der Waals surface area contributed by atoms with Gasteiger partial charge in [0, 0.05) is 11.8 Å². The molecule has 2 bridgehead atoms. The molecule has 1 saturated heterocycles. The molecule has 208 valence electrons. The summed E-state index contributed by atoms with van der Waals surface area (Å²) >= 11 is 0. The third-order valence-corrected chi connectivity index (χ3v) is 8.80. The van der Waals surface area contributed by atoms with E-state index in [0.717, 1.165) is 27.8 Å². The number of hydrogen-bond acceptors (Lipinski definition) is 5. The maximum Gasteiger partial charge on any atom is 0.338 e. The van der Waals surface area contributed by atoms with Crippen molar-refractivity contribution in [3.05, 3.63) is 137 Å². The molecule has 0 spiro atoms. The topological polar surface area (TPSA) is 92.8 Å². The van der Waals surface area contributed by atoms with E-state index in [1.165, 1.54) is 11.0 Å². The fourth-order valence-corrected chi connectivity index (χ4v) is 7.03. The first kappa shape index (κ1) is 25.9. The second-order valence-corrected chi connectivity index (χ2v) is 11.1. The molecule has 3 aliphatic carbocycles. The highest BCUT2D eigenvalue weighted by atomic mass is 16.5. The normalized spacial score (nSPS) is 22.2. The van der Waals surface area contributed by atoms with E-state index in [4.69, 9.17) is 4.74 Å². The van der Waals surface area contributed by atoms with Crippen molar-refractivity contribution in [2.24, 2.45) is 11.8 Å². The van der Waals surface area contributed by atoms with Crippen molar-refractivity contribution in [2.45, 2.75) is 24.8 Å². The van der Waals surface area contributed by atoms with E-state index in [1.54, 1.807) is 18.2 Å². The van der Waals surface area contributed by atoms with Gasteiger partial charge in [-0.15, -0.1) is 0 Å². The van der Waals surface area contributed by atoms with Crippen LogP contribution in [0.4, 0.5) is 5.69 Å². The van der Waals surface area contributed by atoms with Gasteiger partial charge >= 0.3 is 5.97 Å². The van der Waals surface area contributed by atoms with E-state index in [-0.39, 0.29) is 35.3 Å². The lowest BCUT2D eigenvalue weighted by atomic mass is 9.55. The molecule has 1 fully saturated rings. The minimum Gasteiger partial charge on any atom is -0.452 e. The Morgan fingerprint density at radius 1 is 0.738 bits per heavy atom. The van der Waals surface area contributed by atoms with E-state index in [2.05, 4.69) is 29.6 Å². The van der Waals surface area contributed by atoms with Crippen LogP contribution in [0.1, 0.15) is 63.0 Å². The summed E-state index contributed by atoms with van der Waals surface area (Å²) in [5.41, 5.74) is 5.81. The quantitative estimate of drug-likeness (QED) is 0.263. The first-order chi connectivity index (χ1) is 20.4. The average molecular weight is 557 g/mol. The molecule has 0 unspecified atom stereocenters. The van der Waals surface area contributed by atoms with Gasteiger partial charge in [-0.2, -0.15) is 0 Å². The van der Waals surface area contributed by atoms with Crippen LogP contribution in [0.2, 0.25) is 0 Å². The predicted octanol–water partition coefficient (Wildman–Crippen LogP) is 5.12. The van der Waals surface area contributed by atoms with Gasteiger partial charge in [0.05, 0.1) is 29.1 Å². The molecule has 0 aromatic heterocycles. The van der Waals surface area contributed by atoms with E-state index in [0.29, 0.717) is 5.69 Å². The summed E-state index contributed by atoms with van der Waals surface area (Å²) < 4.78 is 5.28. The summed E-state index contributed by atoms with van der Waals surface area (Å²) in [6.07, 6.45) is 0. The summed E-state index contributed by atoms with van der Waals surface area (Å²) in [6.45, 7) is 1.40. The Kier molecular flexibility index (Phi) is 6.23. The molecule has 1 aliphatic heterocycles. The van der Waals surface area contributed by atoms with Crippen LogP contribution in [0, 0.1) is 11.8 Å². The minimum atomic E-state index is -0.712. The van der Waals surface area contributed by atoms with Crippen LogP contribution in [0.3, 0.4) is 0 Å². The number of rotatable bonds is 6. The lowest BCUT2D eigenvalue weighted by molar-refractivity contribution is -0.125. The van der Waals surface area contributed by atoms with E-state index < -0.39 is 30.3 Å². The zero-order valence-corrected chi connectivity index (χ0v) is 22.9. The number of amides is 3. The summed E-state index contributed by atoms with van der Waals surface area (Å²) in [5.74, 6) is -3.11. The number of hydrogen-bond donors (Lipinski definition) is 1. The summed E-state index contributed by atoms with van der Waals surface area (Å²) in [6, 6.07) is 31.7. The number of carbonyl (C=O) groups excluding carboxylic acids is 4. The predicted molar refractivity (Wildman–Crippen MR) is 156 cm³/mol. The van der Waals surface area contributed by atoms with Crippen molar-refractivity contribution in [1.29, 1.82) is 0 Å². The molecule has 4 aromatic carbocycles. The van der Waals surface area contributed by atoms with Crippen LogP contribution in [0.25, 0.3) is 0 Å². The molecular weight excluding hydrogens is 528 g/mol. The van der Waals surface area contributed by atoms with Gasteiger partial charge in [-0.05, 0) is 52.9 Å². The van der Waals surface area contributed by atoms with Gasteiger partial charge in [-0.3, -0.25) is 14.4 Å². The van der Waals surface area contributed by atoms with Gasteiger partial charge in [0.25, 0.3) is 5.91 Å². The number of nitrogens with zero attached hydrogens (tertiary/aromatic N) is 1. The van der Waals surface area contributed by atoms with Crippen LogP contribution in [0.15, 0.2) is 103 Å². The van der Waals surface area contributed by atoms with Crippen molar-refractivity contribution in [3.63, 3.8) is 0 Å². The summed E-state index contributed by atoms with van der Waals surface area (Å²) in [4.78, 5) is 54.6. The Hall–Kier alpha value is -5.04. The Labute approximate surface area is 243 Å². The Balaban J connectivity index is 1.11. The van der Waals surface area contributed by atoms with Crippen LogP contribution >= 0.6 is 0 Å². The highest BCUT2D eigenvalue weighted by molar-refractivity contribution is 6.23. The van der Waals surface area contributed by atoms with Crippen LogP contribution in [0.5, 0.6) is 0 Å². The number of nitrogens with one attached hydrogen (secondary N) is 1. The van der Waals surface area contributed by atoms with Gasteiger partial charge in [0.2, 0.25) is 11.8 Å². The van der Waals surface area contributed by atoms with Gasteiger partial charge in [-0.1, -0.05) is 84.9 Å². The average Bonchev–Trinajstić information content (AvgIpc) is 3.30. The molecule has 7 heteroatoms. The van der Waals surface area contributed by atoms with Crippen molar-refractivity contribution in [1.82, 2.24) is 5.32 Å². The molecule has 42 heavy (non-hydrogen) atoms. The van der Waals surface area contributed by atoms with Crippen molar-refractivity contribution < 1.29 is 23.9 Å². The third kappa shape index (κ3) is 4.04. The highest BCUT2D eigenvalue weighted by Crippen LogP contribution is 2.61. The monoisotopic (exact) mass is 556 g/mol. The fourth-order valence-electron chi connectivity index (χ4n) is 7.03. The number of carbonyl (C=O) groups is 4. The lowest BCUT2D eigenvalue weighted by Gasteiger charge is -2.45. The van der Waals surface area contributed by atoms with Crippen molar-refractivity contribution in [2.75, 3.05) is 11.5 Å². The molecule has 3 atom stereocenters. The molecule has 4 aliphatic rings. The molecule has 3 amide bonds. The van der Waals surface area contributed by atoms with E-state index >= 15 is 0 Å². The maximum atomic E-state index is 14.0. The van der Waals surface area contributed by atoms with Crippen LogP contribution in [-0.4, -0.2) is 30.3 Å². The summed E-state index contributed by atoms with van der Waals surface area (Å²) in [7, 11) is 0. The zero-order valence-electron chi connectivity index (χ0n) is 22.9. The Morgan fingerprint density at radius 2 is 1.26 bits per heavy atom. The molecule has 8 rings (SSSR count). The molecule has 0 saturated carbocycles. The van der Waals surface area contributed by atoms with Crippen molar-refractivity contribution in [3.8, 4) is 0 Å². The second kappa shape index (κ2) is 10.1. The molecule has 1 N–H and O–H groups in total. The van der Waals surface area contributed by atoms with Gasteiger partial charge in [0.1, 0.15) is 0 Å². The first-order valence-corrected chi connectivity index (χ1v) is 14.1. The number of benzene rings is 4. The van der Waals surface area contributed by atoms with Gasteiger partial charge in [0.15, 0.2) is 6.61 Å². The third-order valence-electron chi connectivity index (χ3n) is 8.80. The maximum absolute atomic E-state index is 14.0. The number of ether oxygens (including phenoxy) is 1. The minimum absolute atomic E-state index is 0.154. The zero-order chi connectivity index (χ0) is 29.0.